The molecule has 0 aromatic heterocycles. The van der Waals surface area contributed by atoms with E-state index >= 15 is 0 Å². The van der Waals surface area contributed by atoms with E-state index in [0.29, 0.717) is 39.3 Å². The molecule has 2 unspecified atom stereocenters. The average Bonchev–Trinajstić information content (AvgIpc) is 2.98. The maximum Gasteiger partial charge on any atom is 0.172 e. The van der Waals surface area contributed by atoms with E-state index in [1.54, 1.807) is 0 Å². The molecule has 2 saturated heterocycles. The normalized spacial score (nSPS) is 37.5. The van der Waals surface area contributed by atoms with Gasteiger partial charge in [-0.15, -0.1) is 0 Å². The van der Waals surface area contributed by atoms with Gasteiger partial charge in [-0.25, -0.2) is 0 Å². The van der Waals surface area contributed by atoms with Crippen LogP contribution in [0.1, 0.15) is 50.7 Å². The molecule has 1 saturated carbocycles. The first-order chi connectivity index (χ1) is 18.4. The summed E-state index contributed by atoms with van der Waals surface area (Å²) in [5, 5.41) is 20.3. The number of hydrogen-bond donors (Lipinski definition) is 2. The quantitative estimate of drug-likeness (QED) is 0.519. The minimum absolute atomic E-state index is 0.00808. The summed E-state index contributed by atoms with van der Waals surface area (Å²) in [7, 11) is 0. The summed E-state index contributed by atoms with van der Waals surface area (Å²) in [6.45, 7) is 6.16. The van der Waals surface area contributed by atoms with Gasteiger partial charge in [0.15, 0.2) is 11.6 Å². The zero-order chi connectivity index (χ0) is 26.7. The molecule has 1 aliphatic carbocycles. The first-order valence-corrected chi connectivity index (χ1v) is 14.3. The Bertz CT molecular complexity index is 913. The van der Waals surface area contributed by atoms with Crippen LogP contribution in [0.15, 0.2) is 60.7 Å². The van der Waals surface area contributed by atoms with Crippen LogP contribution in [-0.2, 0) is 31.8 Å². The molecule has 2 aromatic carbocycles. The van der Waals surface area contributed by atoms with E-state index in [1.807, 2.05) is 12.1 Å². The minimum Gasteiger partial charge on any atom is -0.396 e. The Hall–Kier alpha value is -1.80. The SMILES string of the molecule is CCC1(CO)COC2(CC(Cc3ccccc3)C3(CC2Cc2ccccc2)OCC(CC)(CO)CO3)OC1. The third-order valence-corrected chi connectivity index (χ3v) is 9.62. The number of aliphatic hydroxyl groups excluding tert-OH is 2. The molecule has 5 rings (SSSR count). The monoisotopic (exact) mass is 524 g/mol. The van der Waals surface area contributed by atoms with E-state index in [-0.39, 0.29) is 35.9 Å². The third kappa shape index (κ3) is 5.32. The number of rotatable bonds is 8. The highest BCUT2D eigenvalue weighted by molar-refractivity contribution is 5.19. The smallest absolute Gasteiger partial charge is 0.172 e. The van der Waals surface area contributed by atoms with Crippen LogP contribution >= 0.6 is 0 Å². The lowest BCUT2D eigenvalue weighted by molar-refractivity contribution is -0.405. The molecule has 208 valence electrons. The van der Waals surface area contributed by atoms with Gasteiger partial charge < -0.3 is 29.2 Å². The standard InChI is InChI=1S/C32H44O6/c1-3-29(19-33)21-35-31(36-22-29)17-28(16-26-13-9-6-10-14-26)32(37-23-30(4-2,20-34)24-38-32)18-27(31)15-25-11-7-5-8-12-25/h5-14,27-28,33-34H,3-4,15-24H2,1-2H3. The topological polar surface area (TPSA) is 77.4 Å². The van der Waals surface area contributed by atoms with Crippen molar-refractivity contribution >= 4 is 0 Å². The highest BCUT2D eigenvalue weighted by Crippen LogP contribution is 2.54. The average molecular weight is 525 g/mol. The van der Waals surface area contributed by atoms with Gasteiger partial charge in [-0.05, 0) is 36.8 Å². The van der Waals surface area contributed by atoms with Crippen molar-refractivity contribution in [2.24, 2.45) is 22.7 Å². The molecule has 0 amide bonds. The van der Waals surface area contributed by atoms with E-state index < -0.39 is 11.6 Å². The fraction of sp³-hybridized carbons (Fsp3) is 0.625. The molecule has 6 heteroatoms. The van der Waals surface area contributed by atoms with Gasteiger partial charge in [-0.2, -0.15) is 0 Å². The molecule has 2 N–H and O–H groups in total. The van der Waals surface area contributed by atoms with Gasteiger partial charge in [0.1, 0.15) is 0 Å². The molecule has 2 atom stereocenters. The first-order valence-electron chi connectivity index (χ1n) is 14.3. The predicted octanol–water partition coefficient (Wildman–Crippen LogP) is 4.76. The Kier molecular flexibility index (Phi) is 8.30. The summed E-state index contributed by atoms with van der Waals surface area (Å²) in [6.07, 6.45) is 4.44. The number of benzene rings is 2. The van der Waals surface area contributed by atoms with Crippen molar-refractivity contribution in [3.05, 3.63) is 71.8 Å². The molecule has 3 fully saturated rings. The predicted molar refractivity (Wildman–Crippen MR) is 145 cm³/mol. The molecule has 0 radical (unpaired) electrons. The van der Waals surface area contributed by atoms with Crippen LogP contribution in [0.3, 0.4) is 0 Å². The van der Waals surface area contributed by atoms with Crippen LogP contribution in [0.4, 0.5) is 0 Å². The second kappa shape index (κ2) is 11.4. The van der Waals surface area contributed by atoms with Crippen molar-refractivity contribution in [1.82, 2.24) is 0 Å². The van der Waals surface area contributed by atoms with Gasteiger partial charge in [-0.3, -0.25) is 0 Å². The van der Waals surface area contributed by atoms with Crippen LogP contribution in [0, 0.1) is 22.7 Å². The second-order valence-electron chi connectivity index (χ2n) is 12.0. The number of hydrogen-bond acceptors (Lipinski definition) is 6. The Morgan fingerprint density at radius 3 is 1.24 bits per heavy atom. The van der Waals surface area contributed by atoms with Gasteiger partial charge >= 0.3 is 0 Å². The fourth-order valence-corrected chi connectivity index (χ4v) is 6.37. The van der Waals surface area contributed by atoms with Gasteiger partial charge in [0.25, 0.3) is 0 Å². The van der Waals surface area contributed by atoms with E-state index in [2.05, 4.69) is 62.4 Å². The zero-order valence-electron chi connectivity index (χ0n) is 22.9. The molecule has 3 aliphatic rings. The lowest BCUT2D eigenvalue weighted by atomic mass is 9.67. The van der Waals surface area contributed by atoms with Crippen molar-refractivity contribution in [3.8, 4) is 0 Å². The molecule has 38 heavy (non-hydrogen) atoms. The lowest BCUT2D eigenvalue weighted by Gasteiger charge is -2.59. The van der Waals surface area contributed by atoms with Crippen molar-refractivity contribution in [2.75, 3.05) is 39.6 Å². The molecule has 2 spiro atoms. The summed E-state index contributed by atoms with van der Waals surface area (Å²) in [6, 6.07) is 21.0. The molecule has 6 nitrogen and oxygen atoms in total. The molecular weight excluding hydrogens is 480 g/mol. The summed E-state index contributed by atoms with van der Waals surface area (Å²) >= 11 is 0. The van der Waals surface area contributed by atoms with E-state index in [4.69, 9.17) is 18.9 Å². The minimum atomic E-state index is -0.780. The van der Waals surface area contributed by atoms with Crippen LogP contribution in [0.2, 0.25) is 0 Å². The third-order valence-electron chi connectivity index (χ3n) is 9.62. The second-order valence-corrected chi connectivity index (χ2v) is 12.0. The highest BCUT2D eigenvalue weighted by atomic mass is 16.7. The summed E-state index contributed by atoms with van der Waals surface area (Å²) in [5.74, 6) is -1.54. The molecular formula is C32H44O6. The number of aliphatic hydroxyl groups is 2. The van der Waals surface area contributed by atoms with Crippen LogP contribution in [0.5, 0.6) is 0 Å². The Labute approximate surface area is 227 Å². The van der Waals surface area contributed by atoms with Gasteiger partial charge in [-0.1, -0.05) is 74.5 Å². The lowest BCUT2D eigenvalue weighted by Crippen LogP contribution is -2.66. The fourth-order valence-electron chi connectivity index (χ4n) is 6.37. The first kappa shape index (κ1) is 27.8. The zero-order valence-corrected chi connectivity index (χ0v) is 22.9. The van der Waals surface area contributed by atoms with Crippen molar-refractivity contribution in [3.63, 3.8) is 0 Å². The maximum atomic E-state index is 10.2. The van der Waals surface area contributed by atoms with Crippen molar-refractivity contribution in [2.45, 2.75) is 63.9 Å². The van der Waals surface area contributed by atoms with Gasteiger partial charge in [0, 0.05) is 35.5 Å². The van der Waals surface area contributed by atoms with Crippen LogP contribution in [0.25, 0.3) is 0 Å². The van der Waals surface area contributed by atoms with Crippen LogP contribution < -0.4 is 0 Å². The summed E-state index contributed by atoms with van der Waals surface area (Å²) < 4.78 is 27.0. The molecule has 2 aliphatic heterocycles. The van der Waals surface area contributed by atoms with E-state index in [0.717, 1.165) is 25.7 Å². The maximum absolute atomic E-state index is 10.2. The summed E-state index contributed by atoms with van der Waals surface area (Å²) in [5.41, 5.74) is 1.71. The van der Waals surface area contributed by atoms with E-state index in [9.17, 15) is 10.2 Å². The molecule has 2 heterocycles. The van der Waals surface area contributed by atoms with E-state index in [1.165, 1.54) is 11.1 Å². The Morgan fingerprint density at radius 1 is 0.605 bits per heavy atom. The molecule has 0 bridgehead atoms. The Balaban J connectivity index is 1.49. The van der Waals surface area contributed by atoms with Crippen molar-refractivity contribution < 1.29 is 29.2 Å². The Morgan fingerprint density at radius 2 is 0.947 bits per heavy atom. The van der Waals surface area contributed by atoms with Gasteiger partial charge in [0.05, 0.1) is 39.6 Å². The highest BCUT2D eigenvalue weighted by Gasteiger charge is 2.61. The number of ether oxygens (including phenoxy) is 4. The van der Waals surface area contributed by atoms with Gasteiger partial charge in [0.2, 0.25) is 0 Å². The largest absolute Gasteiger partial charge is 0.396 e. The van der Waals surface area contributed by atoms with Crippen molar-refractivity contribution in [1.29, 1.82) is 0 Å². The van der Waals surface area contributed by atoms with Crippen LogP contribution in [-0.4, -0.2) is 61.4 Å². The summed E-state index contributed by atoms with van der Waals surface area (Å²) in [4.78, 5) is 0. The molecule has 2 aromatic rings.